The molecule has 0 saturated carbocycles. The van der Waals surface area contributed by atoms with Crippen molar-refractivity contribution in [3.05, 3.63) is 10.1 Å². The lowest BCUT2D eigenvalue weighted by Gasteiger charge is -1.84. The second kappa shape index (κ2) is 3.46. The smallest absolute Gasteiger partial charge is 0.358 e. The molecule has 9 heteroatoms. The van der Waals surface area contributed by atoms with Gasteiger partial charge in [-0.2, -0.15) is 4.99 Å². The summed E-state index contributed by atoms with van der Waals surface area (Å²) in [7, 11) is 0. The molecule has 0 amide bonds. The van der Waals surface area contributed by atoms with Crippen LogP contribution in [0.3, 0.4) is 0 Å². The van der Waals surface area contributed by atoms with Crippen LogP contribution >= 0.6 is 23.2 Å². The minimum absolute atomic E-state index is 0.361. The van der Waals surface area contributed by atoms with E-state index < -0.39 is 15.4 Å². The zero-order valence-corrected chi connectivity index (χ0v) is 6.78. The Morgan fingerprint density at radius 2 is 2.25 bits per heavy atom. The molecule has 0 radical (unpaired) electrons. The maximum Gasteiger partial charge on any atom is 0.461 e. The summed E-state index contributed by atoms with van der Waals surface area (Å²) in [4.78, 5) is 12.6. The van der Waals surface area contributed by atoms with Gasteiger partial charge in [0.25, 0.3) is 0 Å². The third kappa shape index (κ3) is 1.89. The Hall–Kier alpha value is -1.21. The van der Waals surface area contributed by atoms with Crippen LogP contribution in [0.15, 0.2) is 9.62 Å². The summed E-state index contributed by atoms with van der Waals surface area (Å²) < 4.78 is 3.63. The van der Waals surface area contributed by atoms with Gasteiger partial charge in [0.05, 0.1) is 0 Å². The van der Waals surface area contributed by atoms with Crippen molar-refractivity contribution in [3.8, 4) is 0 Å². The molecule has 0 fully saturated rings. The lowest BCUT2D eigenvalue weighted by Crippen LogP contribution is -1.87. The number of hydrogen-bond donors (Lipinski definition) is 0. The average molecular weight is 211 g/mol. The Bertz CT molecular complexity index is 330. The Kier molecular flexibility index (Phi) is 2.56. The number of hydrogen-bond acceptors (Lipinski definition) is 6. The fraction of sp³-hybridized carbons (Fsp3) is 0. The summed E-state index contributed by atoms with van der Waals surface area (Å²) in [5, 5.41) is 16.2. The van der Waals surface area contributed by atoms with E-state index >= 15 is 0 Å². The standard InChI is InChI=1S/C3Cl2N4O3/c4-3(5)6-1-2(9(10)11)8-12-7-1. The van der Waals surface area contributed by atoms with Gasteiger partial charge in [-0.1, -0.05) is 0 Å². The highest BCUT2D eigenvalue weighted by atomic mass is 35.5. The first kappa shape index (κ1) is 8.88. The normalized spacial score (nSPS) is 9.50. The Morgan fingerprint density at radius 3 is 2.75 bits per heavy atom. The third-order valence-corrected chi connectivity index (χ3v) is 0.987. The first-order valence-electron chi connectivity index (χ1n) is 2.48. The van der Waals surface area contributed by atoms with Crippen molar-refractivity contribution < 1.29 is 9.55 Å². The molecule has 0 spiro atoms. The van der Waals surface area contributed by atoms with Gasteiger partial charge in [0.1, 0.15) is 0 Å². The van der Waals surface area contributed by atoms with Gasteiger partial charge in [0.15, 0.2) is 9.79 Å². The highest BCUT2D eigenvalue weighted by Crippen LogP contribution is 2.22. The van der Waals surface area contributed by atoms with Crippen LogP contribution in [0.2, 0.25) is 0 Å². The number of aliphatic imine (C=N–C) groups is 1. The van der Waals surface area contributed by atoms with E-state index in [0.717, 1.165) is 0 Å². The van der Waals surface area contributed by atoms with Gasteiger partial charge in [-0.05, 0) is 28.1 Å². The average Bonchev–Trinajstić information content (AvgIpc) is 2.33. The van der Waals surface area contributed by atoms with Crippen LogP contribution in [0.4, 0.5) is 11.6 Å². The molecule has 1 aromatic rings. The zero-order chi connectivity index (χ0) is 9.14. The quantitative estimate of drug-likeness (QED) is 0.419. The molecule has 1 rings (SSSR count). The summed E-state index contributed by atoms with van der Waals surface area (Å²) in [5.41, 5.74) is 0. The Morgan fingerprint density at radius 1 is 1.58 bits per heavy atom. The predicted octanol–water partition coefficient (Wildman–Crippen LogP) is 1.44. The largest absolute Gasteiger partial charge is 0.461 e. The predicted molar refractivity (Wildman–Crippen MR) is 39.8 cm³/mol. The van der Waals surface area contributed by atoms with Gasteiger partial charge in [0, 0.05) is 5.16 Å². The van der Waals surface area contributed by atoms with E-state index in [1.165, 1.54) is 0 Å². The molecule has 7 nitrogen and oxygen atoms in total. The molecule has 12 heavy (non-hydrogen) atoms. The first-order valence-corrected chi connectivity index (χ1v) is 3.23. The molecular formula is C3Cl2N4O3. The third-order valence-electron chi connectivity index (χ3n) is 0.818. The number of halogens is 2. The van der Waals surface area contributed by atoms with Crippen LogP contribution in [-0.4, -0.2) is 19.9 Å². The fourth-order valence-corrected chi connectivity index (χ4v) is 0.605. The SMILES string of the molecule is O=[N+]([O-])c1nonc1N=C(Cl)Cl. The summed E-state index contributed by atoms with van der Waals surface area (Å²) in [6.07, 6.45) is 0. The van der Waals surface area contributed by atoms with Gasteiger partial charge in [-0.15, -0.1) is 4.63 Å². The molecule has 0 aliphatic heterocycles. The maximum atomic E-state index is 10.2. The van der Waals surface area contributed by atoms with Gasteiger partial charge >= 0.3 is 11.6 Å². The van der Waals surface area contributed by atoms with Crippen molar-refractivity contribution in [1.29, 1.82) is 0 Å². The fourth-order valence-electron chi connectivity index (χ4n) is 0.445. The van der Waals surface area contributed by atoms with Gasteiger partial charge in [-0.3, -0.25) is 0 Å². The molecular weight excluding hydrogens is 211 g/mol. The molecule has 0 bridgehead atoms. The molecule has 0 unspecified atom stereocenters. The van der Waals surface area contributed by atoms with Crippen LogP contribution < -0.4 is 0 Å². The van der Waals surface area contributed by atoms with E-state index in [9.17, 15) is 10.1 Å². The molecule has 0 atom stereocenters. The lowest BCUT2D eigenvalue weighted by atomic mass is 10.7. The summed E-state index contributed by atoms with van der Waals surface area (Å²) in [5.74, 6) is -0.992. The monoisotopic (exact) mass is 210 g/mol. The second-order valence-electron chi connectivity index (χ2n) is 1.52. The van der Waals surface area contributed by atoms with Crippen molar-refractivity contribution in [2.75, 3.05) is 0 Å². The minimum Gasteiger partial charge on any atom is -0.358 e. The van der Waals surface area contributed by atoms with E-state index in [1.807, 2.05) is 0 Å². The zero-order valence-electron chi connectivity index (χ0n) is 5.27. The molecule has 64 valence electrons. The summed E-state index contributed by atoms with van der Waals surface area (Å²) in [6, 6.07) is 0. The molecule has 1 aromatic heterocycles. The van der Waals surface area contributed by atoms with Crippen LogP contribution in [0.25, 0.3) is 0 Å². The van der Waals surface area contributed by atoms with E-state index in [4.69, 9.17) is 23.2 Å². The summed E-state index contributed by atoms with van der Waals surface area (Å²) >= 11 is 10.3. The highest BCUT2D eigenvalue weighted by molar-refractivity contribution is 6.95. The Balaban J connectivity index is 3.08. The number of nitro groups is 1. The Labute approximate surface area is 75.1 Å². The molecule has 0 aliphatic rings. The number of aromatic nitrogens is 2. The van der Waals surface area contributed by atoms with Crippen molar-refractivity contribution >= 4 is 39.5 Å². The molecule has 0 aliphatic carbocycles. The van der Waals surface area contributed by atoms with E-state index in [0.29, 0.717) is 0 Å². The lowest BCUT2D eigenvalue weighted by molar-refractivity contribution is -0.390. The van der Waals surface area contributed by atoms with Crippen molar-refractivity contribution in [1.82, 2.24) is 10.3 Å². The first-order chi connectivity index (χ1) is 5.61. The highest BCUT2D eigenvalue weighted by Gasteiger charge is 2.21. The second-order valence-corrected chi connectivity index (χ2v) is 2.43. The van der Waals surface area contributed by atoms with E-state index in [1.54, 1.807) is 0 Å². The van der Waals surface area contributed by atoms with Crippen LogP contribution in [0, 0.1) is 10.1 Å². The van der Waals surface area contributed by atoms with Crippen LogP contribution in [-0.2, 0) is 0 Å². The summed E-state index contributed by atoms with van der Waals surface area (Å²) in [6.45, 7) is 0. The molecule has 0 N–H and O–H groups in total. The van der Waals surface area contributed by atoms with Crippen molar-refractivity contribution in [2.45, 2.75) is 0 Å². The molecule has 0 aromatic carbocycles. The topological polar surface area (TPSA) is 94.4 Å². The minimum atomic E-state index is -0.813. The van der Waals surface area contributed by atoms with Gasteiger partial charge in [0.2, 0.25) is 0 Å². The molecule has 1 heterocycles. The van der Waals surface area contributed by atoms with Crippen molar-refractivity contribution in [3.63, 3.8) is 0 Å². The molecule has 0 saturated heterocycles. The number of rotatable bonds is 2. The van der Waals surface area contributed by atoms with Crippen LogP contribution in [0.1, 0.15) is 0 Å². The van der Waals surface area contributed by atoms with E-state index in [2.05, 4.69) is 19.9 Å². The van der Waals surface area contributed by atoms with Gasteiger partial charge in [-0.25, -0.2) is 0 Å². The van der Waals surface area contributed by atoms with Gasteiger partial charge < -0.3 is 10.1 Å². The van der Waals surface area contributed by atoms with E-state index in [-0.39, 0.29) is 5.82 Å². The van der Waals surface area contributed by atoms with Crippen molar-refractivity contribution in [2.24, 2.45) is 4.99 Å². The maximum absolute atomic E-state index is 10.2. The van der Waals surface area contributed by atoms with Crippen LogP contribution in [0.5, 0.6) is 0 Å². The number of nitrogens with zero attached hydrogens (tertiary/aromatic N) is 4.